The highest BCUT2D eigenvalue weighted by molar-refractivity contribution is 6.34. The molecule has 0 aromatic heterocycles. The summed E-state index contributed by atoms with van der Waals surface area (Å²) < 4.78 is 0. The number of halogens is 2. The zero-order chi connectivity index (χ0) is 10.7. The first-order chi connectivity index (χ1) is 6.49. The molecule has 3 nitrogen and oxygen atoms in total. The molecule has 0 aliphatic heterocycles. The van der Waals surface area contributed by atoms with Gasteiger partial charge in [0.1, 0.15) is 6.04 Å². The molecule has 0 aliphatic carbocycles. The van der Waals surface area contributed by atoms with Gasteiger partial charge in [0, 0.05) is 10.0 Å². The Bertz CT molecular complexity index is 334. The van der Waals surface area contributed by atoms with Gasteiger partial charge < -0.3 is 10.8 Å². The Morgan fingerprint density at radius 3 is 2.29 bits per heavy atom. The molecule has 0 saturated heterocycles. The summed E-state index contributed by atoms with van der Waals surface area (Å²) >= 11 is 11.5. The van der Waals surface area contributed by atoms with Crippen molar-refractivity contribution in [3.8, 4) is 0 Å². The Morgan fingerprint density at radius 2 is 1.86 bits per heavy atom. The van der Waals surface area contributed by atoms with Gasteiger partial charge in [0.05, 0.1) is 0 Å². The molecule has 1 aromatic rings. The maximum atomic E-state index is 10.5. The average Bonchev–Trinajstić information content (AvgIpc) is 2.01. The standard InChI is InChI=1S/C9H9Cl2NO2/c10-6-1-5(2-7(11)4-6)3-8(12)9(13)14/h1-2,4,8H,3,12H2,(H,13,14)/t8-/m1/s1. The van der Waals surface area contributed by atoms with Gasteiger partial charge in [0.2, 0.25) is 0 Å². The van der Waals surface area contributed by atoms with Gasteiger partial charge in [-0.15, -0.1) is 0 Å². The highest BCUT2D eigenvalue weighted by atomic mass is 35.5. The van der Waals surface area contributed by atoms with Gasteiger partial charge in [0.15, 0.2) is 0 Å². The Labute approximate surface area is 91.4 Å². The van der Waals surface area contributed by atoms with Crippen LogP contribution in [0.25, 0.3) is 0 Å². The van der Waals surface area contributed by atoms with Gasteiger partial charge in [-0.25, -0.2) is 0 Å². The first kappa shape index (κ1) is 11.3. The third-order valence-corrected chi connectivity index (χ3v) is 2.13. The molecule has 5 heteroatoms. The van der Waals surface area contributed by atoms with E-state index >= 15 is 0 Å². The maximum absolute atomic E-state index is 10.5. The second-order valence-corrected chi connectivity index (χ2v) is 3.80. The lowest BCUT2D eigenvalue weighted by Gasteiger charge is -2.06. The van der Waals surface area contributed by atoms with Crippen LogP contribution in [-0.4, -0.2) is 17.1 Å². The number of carbonyl (C=O) groups is 1. The summed E-state index contributed by atoms with van der Waals surface area (Å²) in [6.45, 7) is 0. The molecule has 0 bridgehead atoms. The third-order valence-electron chi connectivity index (χ3n) is 1.70. The van der Waals surface area contributed by atoms with Crippen molar-refractivity contribution in [2.75, 3.05) is 0 Å². The van der Waals surface area contributed by atoms with Crippen molar-refractivity contribution in [3.63, 3.8) is 0 Å². The van der Waals surface area contributed by atoms with Crippen LogP contribution in [0.2, 0.25) is 10.0 Å². The van der Waals surface area contributed by atoms with Gasteiger partial charge in [-0.05, 0) is 30.2 Å². The lowest BCUT2D eigenvalue weighted by molar-refractivity contribution is -0.138. The van der Waals surface area contributed by atoms with Crippen LogP contribution in [0.5, 0.6) is 0 Å². The molecule has 0 fully saturated rings. The van der Waals surface area contributed by atoms with E-state index in [0.717, 1.165) is 5.56 Å². The maximum Gasteiger partial charge on any atom is 0.320 e. The Morgan fingerprint density at radius 1 is 1.36 bits per heavy atom. The van der Waals surface area contributed by atoms with Gasteiger partial charge in [0.25, 0.3) is 0 Å². The summed E-state index contributed by atoms with van der Waals surface area (Å²) in [5.74, 6) is -1.04. The number of hydrogen-bond donors (Lipinski definition) is 2. The number of benzene rings is 1. The third kappa shape index (κ3) is 3.18. The highest BCUT2D eigenvalue weighted by Gasteiger charge is 2.12. The predicted octanol–water partition coefficient (Wildman–Crippen LogP) is 1.95. The quantitative estimate of drug-likeness (QED) is 0.839. The minimum atomic E-state index is -1.04. The largest absolute Gasteiger partial charge is 0.480 e. The zero-order valence-corrected chi connectivity index (χ0v) is 8.72. The monoisotopic (exact) mass is 233 g/mol. The molecule has 14 heavy (non-hydrogen) atoms. The molecule has 0 aliphatic rings. The SMILES string of the molecule is N[C@H](Cc1cc(Cl)cc(Cl)c1)C(=O)O. The number of carboxylic acids is 1. The van der Waals surface area contributed by atoms with Crippen LogP contribution in [0.4, 0.5) is 0 Å². The van der Waals surface area contributed by atoms with E-state index in [1.807, 2.05) is 0 Å². The van der Waals surface area contributed by atoms with Crippen LogP contribution in [0.3, 0.4) is 0 Å². The minimum Gasteiger partial charge on any atom is -0.480 e. The first-order valence-electron chi connectivity index (χ1n) is 3.92. The van der Waals surface area contributed by atoms with Crippen LogP contribution in [0.15, 0.2) is 18.2 Å². The van der Waals surface area contributed by atoms with E-state index in [-0.39, 0.29) is 6.42 Å². The summed E-state index contributed by atoms with van der Waals surface area (Å²) in [6.07, 6.45) is 0.218. The normalized spacial score (nSPS) is 12.5. The molecule has 0 radical (unpaired) electrons. The van der Waals surface area contributed by atoms with Crippen molar-refractivity contribution in [2.24, 2.45) is 5.73 Å². The lowest BCUT2D eigenvalue weighted by Crippen LogP contribution is -2.32. The Hall–Kier alpha value is -0.770. The summed E-state index contributed by atoms with van der Waals surface area (Å²) in [5.41, 5.74) is 6.08. The summed E-state index contributed by atoms with van der Waals surface area (Å²) in [7, 11) is 0. The van der Waals surface area contributed by atoms with Crippen molar-refractivity contribution in [1.82, 2.24) is 0 Å². The molecule has 1 atom stereocenters. The van der Waals surface area contributed by atoms with E-state index in [1.165, 1.54) is 0 Å². The summed E-state index contributed by atoms with van der Waals surface area (Å²) in [4.78, 5) is 10.5. The van der Waals surface area contributed by atoms with Crippen LogP contribution in [0.1, 0.15) is 5.56 Å². The van der Waals surface area contributed by atoms with Crippen molar-refractivity contribution >= 4 is 29.2 Å². The fourth-order valence-electron chi connectivity index (χ4n) is 1.07. The average molecular weight is 234 g/mol. The van der Waals surface area contributed by atoms with E-state index in [0.29, 0.717) is 10.0 Å². The van der Waals surface area contributed by atoms with Crippen LogP contribution in [0, 0.1) is 0 Å². The number of rotatable bonds is 3. The number of hydrogen-bond acceptors (Lipinski definition) is 2. The molecule has 1 aromatic carbocycles. The Balaban J connectivity index is 2.81. The Kier molecular flexibility index (Phi) is 3.75. The van der Waals surface area contributed by atoms with Gasteiger partial charge in [-0.3, -0.25) is 4.79 Å². The van der Waals surface area contributed by atoms with Crippen LogP contribution < -0.4 is 5.73 Å². The molecule has 1 rings (SSSR count). The van der Waals surface area contributed by atoms with Crippen LogP contribution in [-0.2, 0) is 11.2 Å². The van der Waals surface area contributed by atoms with Crippen molar-refractivity contribution < 1.29 is 9.90 Å². The second-order valence-electron chi connectivity index (χ2n) is 2.93. The van der Waals surface area contributed by atoms with Crippen molar-refractivity contribution in [1.29, 1.82) is 0 Å². The van der Waals surface area contributed by atoms with Crippen molar-refractivity contribution in [2.45, 2.75) is 12.5 Å². The molecule has 0 saturated carbocycles. The fraction of sp³-hybridized carbons (Fsp3) is 0.222. The molecule has 0 spiro atoms. The number of aliphatic carboxylic acids is 1. The first-order valence-corrected chi connectivity index (χ1v) is 4.68. The molecule has 0 unspecified atom stereocenters. The van der Waals surface area contributed by atoms with E-state index in [1.54, 1.807) is 18.2 Å². The number of carboxylic acid groups (broad SMARTS) is 1. The second kappa shape index (κ2) is 4.64. The van der Waals surface area contributed by atoms with E-state index < -0.39 is 12.0 Å². The topological polar surface area (TPSA) is 63.3 Å². The smallest absolute Gasteiger partial charge is 0.320 e. The van der Waals surface area contributed by atoms with Gasteiger partial charge >= 0.3 is 5.97 Å². The molecule has 0 heterocycles. The number of nitrogens with two attached hydrogens (primary N) is 1. The zero-order valence-electron chi connectivity index (χ0n) is 7.21. The molecule has 3 N–H and O–H groups in total. The van der Waals surface area contributed by atoms with Crippen molar-refractivity contribution in [3.05, 3.63) is 33.8 Å². The van der Waals surface area contributed by atoms with E-state index in [9.17, 15) is 4.79 Å². The summed E-state index contributed by atoms with van der Waals surface area (Å²) in [5, 5.41) is 9.54. The minimum absolute atomic E-state index is 0.218. The summed E-state index contributed by atoms with van der Waals surface area (Å²) in [6, 6.07) is 3.95. The van der Waals surface area contributed by atoms with E-state index in [4.69, 9.17) is 34.0 Å². The molecular weight excluding hydrogens is 225 g/mol. The van der Waals surface area contributed by atoms with E-state index in [2.05, 4.69) is 0 Å². The van der Waals surface area contributed by atoms with Gasteiger partial charge in [-0.1, -0.05) is 23.2 Å². The predicted molar refractivity (Wildman–Crippen MR) is 55.8 cm³/mol. The lowest BCUT2D eigenvalue weighted by atomic mass is 10.1. The molecule has 76 valence electrons. The molecular formula is C9H9Cl2NO2. The van der Waals surface area contributed by atoms with Crippen LogP contribution >= 0.6 is 23.2 Å². The highest BCUT2D eigenvalue weighted by Crippen LogP contribution is 2.19. The van der Waals surface area contributed by atoms with Gasteiger partial charge in [-0.2, -0.15) is 0 Å². The fourth-order valence-corrected chi connectivity index (χ4v) is 1.64. The molecule has 0 amide bonds.